The van der Waals surface area contributed by atoms with E-state index in [1.165, 1.54) is 6.42 Å². The number of esters is 1. The molecular weight excluding hydrogens is 362 g/mol. The fraction of sp³-hybridized carbons (Fsp3) is 0.800. The maximum absolute atomic E-state index is 12.4. The van der Waals surface area contributed by atoms with E-state index in [4.69, 9.17) is 4.74 Å². The van der Waals surface area contributed by atoms with Crippen molar-refractivity contribution in [2.45, 2.75) is 71.9 Å². The Kier molecular flexibility index (Phi) is 7.83. The summed E-state index contributed by atoms with van der Waals surface area (Å²) in [6, 6.07) is -0.504. The fourth-order valence-corrected chi connectivity index (χ4v) is 3.98. The number of likely N-dealkylation sites (tertiary alicyclic amines) is 1. The Morgan fingerprint density at radius 1 is 1.25 bits per heavy atom. The molecule has 0 aromatic carbocycles. The quantitative estimate of drug-likeness (QED) is 0.668. The van der Waals surface area contributed by atoms with Gasteiger partial charge in [0, 0.05) is 25.0 Å². The van der Waals surface area contributed by atoms with E-state index in [0.717, 1.165) is 19.3 Å². The maximum Gasteiger partial charge on any atom is 0.321 e. The molecule has 1 aliphatic carbocycles. The molecule has 0 aromatic rings. The van der Waals surface area contributed by atoms with Crippen molar-refractivity contribution in [1.82, 2.24) is 15.5 Å². The van der Waals surface area contributed by atoms with Gasteiger partial charge < -0.3 is 15.0 Å². The van der Waals surface area contributed by atoms with Crippen molar-refractivity contribution in [2.24, 2.45) is 17.8 Å². The first-order valence-corrected chi connectivity index (χ1v) is 10.3. The normalized spacial score (nSPS) is 28.6. The summed E-state index contributed by atoms with van der Waals surface area (Å²) in [6.45, 7) is 7.92. The molecule has 2 fully saturated rings. The molecule has 0 radical (unpaired) electrons. The number of nitrogens with one attached hydrogen (secondary N) is 2. The van der Waals surface area contributed by atoms with Gasteiger partial charge >= 0.3 is 12.0 Å². The van der Waals surface area contributed by atoms with Crippen LogP contribution in [-0.4, -0.2) is 54.0 Å². The monoisotopic (exact) mass is 395 g/mol. The summed E-state index contributed by atoms with van der Waals surface area (Å²) in [4.78, 5) is 49.9. The van der Waals surface area contributed by atoms with Crippen molar-refractivity contribution in [2.75, 3.05) is 13.2 Å². The zero-order valence-electron chi connectivity index (χ0n) is 17.3. The summed E-state index contributed by atoms with van der Waals surface area (Å²) in [5.74, 6) is -0.871. The van der Waals surface area contributed by atoms with E-state index in [0.29, 0.717) is 18.4 Å². The van der Waals surface area contributed by atoms with Crippen LogP contribution in [0.15, 0.2) is 0 Å². The molecule has 0 spiro atoms. The zero-order chi connectivity index (χ0) is 20.8. The van der Waals surface area contributed by atoms with Gasteiger partial charge in [0.2, 0.25) is 5.91 Å². The summed E-state index contributed by atoms with van der Waals surface area (Å²) < 4.78 is 5.04. The summed E-state index contributed by atoms with van der Waals surface area (Å²) in [5.41, 5.74) is 0. The third kappa shape index (κ3) is 5.69. The van der Waals surface area contributed by atoms with Crippen LogP contribution in [0, 0.1) is 17.8 Å². The van der Waals surface area contributed by atoms with Crippen LogP contribution in [-0.2, 0) is 19.1 Å². The molecular formula is C20H33N3O5. The van der Waals surface area contributed by atoms with Crippen LogP contribution in [0.1, 0.15) is 59.8 Å². The number of rotatable bonds is 6. The Labute approximate surface area is 166 Å². The third-order valence-electron chi connectivity index (χ3n) is 6.14. The molecule has 1 heterocycles. The predicted octanol–water partition coefficient (Wildman–Crippen LogP) is 1.83. The number of urea groups is 1. The van der Waals surface area contributed by atoms with E-state index in [1.54, 1.807) is 0 Å². The Hall–Kier alpha value is -2.12. The molecule has 2 rings (SSSR count). The summed E-state index contributed by atoms with van der Waals surface area (Å²) in [6.07, 6.45) is 4.08. The highest BCUT2D eigenvalue weighted by Crippen LogP contribution is 2.35. The van der Waals surface area contributed by atoms with Gasteiger partial charge in [-0.2, -0.15) is 0 Å². The molecule has 2 N–H and O–H groups in total. The number of carbonyl (C=O) groups is 4. The van der Waals surface area contributed by atoms with Crippen molar-refractivity contribution in [3.05, 3.63) is 0 Å². The van der Waals surface area contributed by atoms with Crippen molar-refractivity contribution in [1.29, 1.82) is 0 Å². The minimum Gasteiger partial charge on any atom is -0.455 e. The summed E-state index contributed by atoms with van der Waals surface area (Å²) >= 11 is 0. The van der Waals surface area contributed by atoms with Gasteiger partial charge in [0.25, 0.3) is 5.91 Å². The van der Waals surface area contributed by atoms with Crippen LogP contribution in [0.4, 0.5) is 4.79 Å². The largest absolute Gasteiger partial charge is 0.455 e. The standard InChI is InChI=1S/C20H33N3O5/c1-5-13(3)21-20(27)22-17(24)11-28-19(26)15-9-18(25)23(10-15)16-8-6-7-12(2)14(16)4/h12-16H,5-11H2,1-4H3,(H2,21,22,24,27)/t12-,13+,14-,15+,16+/m0/s1. The Morgan fingerprint density at radius 2 is 1.96 bits per heavy atom. The molecule has 8 heteroatoms. The Bertz CT molecular complexity index is 609. The summed E-state index contributed by atoms with van der Waals surface area (Å²) in [7, 11) is 0. The molecule has 4 amide bonds. The minimum absolute atomic E-state index is 0.0229. The van der Waals surface area contributed by atoms with Crippen molar-refractivity contribution >= 4 is 23.8 Å². The lowest BCUT2D eigenvalue weighted by atomic mass is 9.77. The van der Waals surface area contributed by atoms with E-state index in [-0.39, 0.29) is 24.4 Å². The van der Waals surface area contributed by atoms with Crippen LogP contribution in [0.2, 0.25) is 0 Å². The number of hydrogen-bond acceptors (Lipinski definition) is 5. The number of carbonyl (C=O) groups excluding carboxylic acids is 4. The highest BCUT2D eigenvalue weighted by molar-refractivity contribution is 5.96. The van der Waals surface area contributed by atoms with E-state index >= 15 is 0 Å². The lowest BCUT2D eigenvalue weighted by Crippen LogP contribution is -2.45. The van der Waals surface area contributed by atoms with E-state index in [1.807, 2.05) is 18.7 Å². The van der Waals surface area contributed by atoms with Gasteiger partial charge in [-0.15, -0.1) is 0 Å². The molecule has 5 atom stereocenters. The summed E-state index contributed by atoms with van der Waals surface area (Å²) in [5, 5.41) is 4.72. The highest BCUT2D eigenvalue weighted by atomic mass is 16.5. The fourth-order valence-electron chi connectivity index (χ4n) is 3.98. The number of amides is 4. The average Bonchev–Trinajstić information content (AvgIpc) is 3.03. The first-order valence-electron chi connectivity index (χ1n) is 10.3. The number of ether oxygens (including phenoxy) is 1. The van der Waals surface area contributed by atoms with Crippen molar-refractivity contribution in [3.8, 4) is 0 Å². The topological polar surface area (TPSA) is 105 Å². The Morgan fingerprint density at radius 3 is 2.64 bits per heavy atom. The molecule has 158 valence electrons. The molecule has 8 nitrogen and oxygen atoms in total. The van der Waals surface area contributed by atoms with Gasteiger partial charge in [0.15, 0.2) is 6.61 Å². The first-order chi connectivity index (χ1) is 13.2. The predicted molar refractivity (Wildman–Crippen MR) is 103 cm³/mol. The molecule has 0 bridgehead atoms. The van der Waals surface area contributed by atoms with Crippen LogP contribution in [0.5, 0.6) is 0 Å². The number of hydrogen-bond donors (Lipinski definition) is 2. The molecule has 1 aliphatic heterocycles. The molecule has 1 saturated carbocycles. The van der Waals surface area contributed by atoms with Gasteiger partial charge in [-0.1, -0.05) is 33.6 Å². The van der Waals surface area contributed by atoms with Crippen LogP contribution in [0.3, 0.4) is 0 Å². The van der Waals surface area contributed by atoms with E-state index in [9.17, 15) is 19.2 Å². The second-order valence-electron chi connectivity index (χ2n) is 8.22. The van der Waals surface area contributed by atoms with Gasteiger partial charge in [-0.25, -0.2) is 4.79 Å². The molecule has 2 aliphatic rings. The van der Waals surface area contributed by atoms with E-state index in [2.05, 4.69) is 24.5 Å². The lowest BCUT2D eigenvalue weighted by molar-refractivity contribution is -0.152. The van der Waals surface area contributed by atoms with Crippen LogP contribution in [0.25, 0.3) is 0 Å². The average molecular weight is 396 g/mol. The highest BCUT2D eigenvalue weighted by Gasteiger charge is 2.42. The smallest absolute Gasteiger partial charge is 0.321 e. The van der Waals surface area contributed by atoms with Gasteiger partial charge in [-0.05, 0) is 31.6 Å². The second kappa shape index (κ2) is 9.89. The van der Waals surface area contributed by atoms with Gasteiger partial charge in [-0.3, -0.25) is 19.7 Å². The van der Waals surface area contributed by atoms with Crippen LogP contribution >= 0.6 is 0 Å². The number of nitrogens with zero attached hydrogens (tertiary/aromatic N) is 1. The van der Waals surface area contributed by atoms with Gasteiger partial charge in [0.1, 0.15) is 0 Å². The van der Waals surface area contributed by atoms with Crippen LogP contribution < -0.4 is 10.6 Å². The van der Waals surface area contributed by atoms with E-state index < -0.39 is 30.4 Å². The first kappa shape index (κ1) is 22.2. The lowest BCUT2D eigenvalue weighted by Gasteiger charge is -2.39. The second-order valence-corrected chi connectivity index (χ2v) is 8.22. The third-order valence-corrected chi connectivity index (χ3v) is 6.14. The Balaban J connectivity index is 1.79. The zero-order valence-corrected chi connectivity index (χ0v) is 17.3. The molecule has 1 saturated heterocycles. The molecule has 0 unspecified atom stereocenters. The van der Waals surface area contributed by atoms with Gasteiger partial charge in [0.05, 0.1) is 5.92 Å². The van der Waals surface area contributed by atoms with Crippen molar-refractivity contribution < 1.29 is 23.9 Å². The van der Waals surface area contributed by atoms with Crippen molar-refractivity contribution in [3.63, 3.8) is 0 Å². The minimum atomic E-state index is -0.690. The molecule has 28 heavy (non-hydrogen) atoms. The maximum atomic E-state index is 12.4. The SMILES string of the molecule is CC[C@@H](C)NC(=O)NC(=O)COC(=O)[C@@H]1CC(=O)N([C@@H]2CCC[C@H](C)[C@@H]2C)C1. The molecule has 0 aromatic heterocycles. The number of imide groups is 1.